The monoisotopic (exact) mass is 5770 g/mol. The summed E-state index contributed by atoms with van der Waals surface area (Å²) in [4.78, 5) is 0. The van der Waals surface area contributed by atoms with Gasteiger partial charge in [-0.1, -0.05) is 0 Å². The molecule has 0 unspecified atom stereocenters. The summed E-state index contributed by atoms with van der Waals surface area (Å²) < 4.78 is 0. The molecule has 0 amide bonds. The molecule has 540 valence electrons. The molecule has 0 aliphatic rings. The largest absolute Gasteiger partial charge is 3.00 e. The SMILES string of the molecule is [Cl-].[Cl-].[Cl-].[Cl-].[Cl-].[Fe+3].[Fe+3].[Fe+3].[Fe+3].[Fe+3].[Fe+3].[Fe+3].[Fe+3].[Fe+3].[Fe+3].[Fe+3].[Fe+3].[Fe+3].[Fe+3].[Fe+3].[Fe+3].[Fe+3].[Fe+3].[Fe+3].[Fe+3].[Fe+3].[Fe+3].[Fe+3].[Fe+3].[Fe+3].[Fe+3].[Fe+3].[Fe+3].[Fe+3].[Fe+3].[Fe+3].[Fe+3].[Fe+3].[Fe+3].[Fe+3].[Fe+3].[Fe+3].[Fe+3].[Fe+3].[Fe+3].[Fe+3].[Fe+3].[Fe+3].[Fe+3].[Fe+3].[Fe+3].[Fe+3].[Fe+3].[Fe+3].[Fe+3].[Fe+3].[Fe+3].[Fe+3].[Fe+3].[Fe+3].[Fe+3].[Fe+3].[Fe+3].[Fe+3].[Fe+3].[Fe+3].[Fe+3].[Fe+3].[Fe+3].[Fe+3].[Fe+3].[Fe+3].[Fe+3].[Fe+3].[Fe+3].[Fe+3].[Fe+3].[Fe+3].[Fe+3].[Fe+3].[Fe+3].[Fe+3].[Fe+3].[Fe+3].[Fe+3].[Fe+3].[Fe+3].[Fe+3].[Fe+3].[Fe+3].[Fe+3].[Fe+3].[Fe+3].[Fe+3].[Fe+3].[Fe+3].[Fe+3].[Fe+3].[Fe+3].[Fe+3].[Fe+3].[Fe+3].[Fe+3].[Fe+3].[Fe+3]. The first-order valence-electron chi connectivity index (χ1n) is 0. The third-order valence-electron chi connectivity index (χ3n) is 0. The molecule has 0 N–H and O–H groups in total. The second-order valence-electron chi connectivity index (χ2n) is 0. The molecule has 105 heavy (non-hydrogen) atoms. The molecular formula is Cl5Fe100+295. The van der Waals surface area contributed by atoms with Crippen LogP contribution in [-0.4, -0.2) is 0 Å². The Balaban J connectivity index is 0. The van der Waals surface area contributed by atoms with Crippen LogP contribution in [0.3, 0.4) is 0 Å². The topological polar surface area (TPSA) is 0 Å². The summed E-state index contributed by atoms with van der Waals surface area (Å²) in [5.74, 6) is 0. The molecule has 0 bridgehead atoms. The fraction of sp³-hybridized carbons (Fsp3) is 0. The van der Waals surface area contributed by atoms with Gasteiger partial charge in [0, 0.05) is 0 Å². The first-order chi connectivity index (χ1) is 0. The van der Waals surface area contributed by atoms with E-state index in [9.17, 15) is 0 Å². The van der Waals surface area contributed by atoms with E-state index in [2.05, 4.69) is 0 Å². The van der Waals surface area contributed by atoms with Gasteiger partial charge in [0.05, 0.1) is 0 Å². The van der Waals surface area contributed by atoms with Crippen LogP contribution in [0.25, 0.3) is 0 Å². The van der Waals surface area contributed by atoms with Gasteiger partial charge in [-0.15, -0.1) is 0 Å². The van der Waals surface area contributed by atoms with Crippen molar-refractivity contribution in [2.75, 3.05) is 0 Å². The Morgan fingerprint density at radius 1 is 0.0190 bits per heavy atom. The first kappa shape index (κ1) is 1380. The van der Waals surface area contributed by atoms with Crippen LogP contribution in [0.15, 0.2) is 0 Å². The predicted molar refractivity (Wildman–Crippen MR) is 0 cm³/mol. The van der Waals surface area contributed by atoms with Crippen molar-refractivity contribution in [2.45, 2.75) is 0 Å². The summed E-state index contributed by atoms with van der Waals surface area (Å²) in [6, 6.07) is 0. The summed E-state index contributed by atoms with van der Waals surface area (Å²) in [5.41, 5.74) is 0. The van der Waals surface area contributed by atoms with E-state index in [4.69, 9.17) is 0 Å². The average molecular weight is 5760 g/mol. The van der Waals surface area contributed by atoms with E-state index in [1.54, 1.807) is 0 Å². The normalized spacial score (nSPS) is 0. The summed E-state index contributed by atoms with van der Waals surface area (Å²) in [6.07, 6.45) is 0. The van der Waals surface area contributed by atoms with Gasteiger partial charge in [-0.3, -0.25) is 0 Å². The minimum Gasteiger partial charge on any atom is -1.00 e. The Labute approximate surface area is 1720 Å². The van der Waals surface area contributed by atoms with Crippen molar-refractivity contribution in [3.63, 3.8) is 0 Å². The Bertz CT molecular complexity index is 29.0. The quantitative estimate of drug-likeness (QED) is 0.212. The van der Waals surface area contributed by atoms with E-state index >= 15 is 0 Å². The maximum absolute atomic E-state index is 0. The van der Waals surface area contributed by atoms with E-state index in [1.807, 2.05) is 0 Å². The smallest absolute Gasteiger partial charge is 1.00 e. The van der Waals surface area contributed by atoms with Crippen molar-refractivity contribution >= 4 is 0 Å². The Kier molecular flexibility index (Phi) is 17700. The van der Waals surface area contributed by atoms with Crippen LogP contribution in [0.2, 0.25) is 0 Å². The fourth-order valence-electron chi connectivity index (χ4n) is 0. The standard InChI is InChI=1S/5ClH.100Fe/h5*1H;;;;;;;;;;;;;;;;;;;;;;;;;;;;;;;;;;;;;;;;;;;;;;;;;;;;;;;;;;;;;;;;;;;;;;;;;;;;;;;;;;;;;;;;;;;;;;;;;;;;/q;;;;;100*+3/p-5. The van der Waals surface area contributed by atoms with Gasteiger partial charge in [-0.25, -0.2) is 0 Å². The number of halogens is 5. The van der Waals surface area contributed by atoms with E-state index in [-0.39, 0.29) is 1770 Å². The zero-order valence-electron chi connectivity index (χ0n) is 37.2. The van der Waals surface area contributed by atoms with Crippen LogP contribution in [-0.2, 0) is 1710 Å². The molecular weight excluding hydrogens is 5760 g/mol. The van der Waals surface area contributed by atoms with Crippen LogP contribution in [0.5, 0.6) is 0 Å². The van der Waals surface area contributed by atoms with Crippen molar-refractivity contribution in [2.24, 2.45) is 0 Å². The molecule has 0 aromatic heterocycles. The zero-order chi connectivity index (χ0) is 0. The van der Waals surface area contributed by atoms with Gasteiger partial charge in [0.25, 0.3) is 0 Å². The Morgan fingerprint density at radius 3 is 0.0190 bits per heavy atom. The predicted octanol–water partition coefficient (Wildman–Crippen LogP) is -15.2. The van der Waals surface area contributed by atoms with Gasteiger partial charge in [-0.05, 0) is 0 Å². The van der Waals surface area contributed by atoms with Crippen LogP contribution in [0.1, 0.15) is 0 Å². The molecule has 0 fully saturated rings. The van der Waals surface area contributed by atoms with E-state index in [1.165, 1.54) is 0 Å². The molecule has 0 aliphatic heterocycles. The zero-order valence-corrected chi connectivity index (χ0v) is 151. The molecule has 0 spiro atoms. The number of rotatable bonds is 0. The molecule has 100 radical (unpaired) electrons. The number of hydrogen-bond donors (Lipinski definition) is 0. The molecule has 0 atom stereocenters. The van der Waals surface area contributed by atoms with Crippen molar-refractivity contribution in [1.29, 1.82) is 0 Å². The van der Waals surface area contributed by atoms with Crippen LogP contribution in [0, 0.1) is 0 Å². The van der Waals surface area contributed by atoms with Gasteiger partial charge in [-0.2, -0.15) is 0 Å². The second-order valence-corrected chi connectivity index (χ2v) is 0. The molecule has 0 aliphatic carbocycles. The van der Waals surface area contributed by atoms with E-state index < -0.39 is 0 Å². The van der Waals surface area contributed by atoms with Crippen molar-refractivity contribution in [3.8, 4) is 0 Å². The average Bonchev–Trinajstić information content (AvgIpc) is 0. The van der Waals surface area contributed by atoms with Gasteiger partial charge >= 0.3 is 1710 Å². The molecule has 0 saturated carbocycles. The summed E-state index contributed by atoms with van der Waals surface area (Å²) in [7, 11) is 0. The van der Waals surface area contributed by atoms with Crippen LogP contribution < -0.4 is 62.0 Å². The van der Waals surface area contributed by atoms with Crippen molar-refractivity contribution in [1.82, 2.24) is 0 Å². The van der Waals surface area contributed by atoms with E-state index in [0.717, 1.165) is 0 Å². The molecule has 105 heteroatoms. The summed E-state index contributed by atoms with van der Waals surface area (Å²) in [6.45, 7) is 0. The third kappa shape index (κ3) is 1330. The minimum atomic E-state index is 0. The fourth-order valence-corrected chi connectivity index (χ4v) is 0. The second kappa shape index (κ2) is 1350. The molecule has 0 nitrogen and oxygen atoms in total. The van der Waals surface area contributed by atoms with Gasteiger partial charge in [0.1, 0.15) is 0 Å². The third-order valence-corrected chi connectivity index (χ3v) is 0. The van der Waals surface area contributed by atoms with Crippen molar-refractivity contribution < 1.29 is 1770 Å². The van der Waals surface area contributed by atoms with Gasteiger partial charge in [0.15, 0.2) is 0 Å². The Morgan fingerprint density at radius 2 is 0.0190 bits per heavy atom. The molecule has 0 saturated heterocycles. The van der Waals surface area contributed by atoms with Gasteiger partial charge in [0.2, 0.25) is 0 Å². The summed E-state index contributed by atoms with van der Waals surface area (Å²) in [5, 5.41) is 0. The maximum atomic E-state index is 0. The Hall–Kier alpha value is 53.4. The number of hydrogen-bond acceptors (Lipinski definition) is 0. The van der Waals surface area contributed by atoms with Crippen LogP contribution >= 0.6 is 0 Å². The minimum absolute atomic E-state index is 0. The molecule has 0 aromatic carbocycles. The van der Waals surface area contributed by atoms with Crippen LogP contribution in [0.4, 0.5) is 0 Å². The summed E-state index contributed by atoms with van der Waals surface area (Å²) >= 11 is 0. The van der Waals surface area contributed by atoms with E-state index in [0.29, 0.717) is 0 Å². The molecule has 0 aromatic rings. The molecule has 0 heterocycles. The maximum Gasteiger partial charge on any atom is 3.00 e. The first-order valence-corrected chi connectivity index (χ1v) is 0. The van der Waals surface area contributed by atoms with Gasteiger partial charge < -0.3 is 62.0 Å². The van der Waals surface area contributed by atoms with Crippen molar-refractivity contribution in [3.05, 3.63) is 0 Å². The molecule has 0 rings (SSSR count).